The fourth-order valence-electron chi connectivity index (χ4n) is 2.77. The van der Waals surface area contributed by atoms with Gasteiger partial charge in [0.25, 0.3) is 0 Å². The van der Waals surface area contributed by atoms with Crippen molar-refractivity contribution in [3.8, 4) is 0 Å². The quantitative estimate of drug-likeness (QED) is 0.741. The van der Waals surface area contributed by atoms with Crippen LogP contribution in [0.2, 0.25) is 0 Å². The van der Waals surface area contributed by atoms with E-state index < -0.39 is 48.6 Å². The summed E-state index contributed by atoms with van der Waals surface area (Å²) in [5.74, 6) is -4.02. The van der Waals surface area contributed by atoms with E-state index in [1.807, 2.05) is 0 Å². The van der Waals surface area contributed by atoms with Crippen LogP contribution < -0.4 is 5.32 Å². The maximum atomic E-state index is 12.5. The van der Waals surface area contributed by atoms with Gasteiger partial charge in [-0.3, -0.25) is 14.4 Å². The Morgan fingerprint density at radius 2 is 1.96 bits per heavy atom. The third kappa shape index (κ3) is 4.31. The van der Waals surface area contributed by atoms with Crippen LogP contribution in [0.1, 0.15) is 12.0 Å². The molecule has 1 aromatic rings. The van der Waals surface area contributed by atoms with Crippen LogP contribution >= 0.6 is 0 Å². The molecular weight excluding hydrogens is 357 g/mol. The second-order valence-electron chi connectivity index (χ2n) is 5.90. The largest absolute Gasteiger partial charge is 0.471 e. The van der Waals surface area contributed by atoms with Gasteiger partial charge in [0.1, 0.15) is 18.2 Å². The maximum Gasteiger partial charge on any atom is 0.471 e. The lowest BCUT2D eigenvalue weighted by Crippen LogP contribution is -2.62. The van der Waals surface area contributed by atoms with E-state index in [0.29, 0.717) is 5.56 Å². The summed E-state index contributed by atoms with van der Waals surface area (Å²) in [5, 5.41) is 12.5. The van der Waals surface area contributed by atoms with Crippen molar-refractivity contribution in [2.24, 2.45) is 0 Å². The number of piperidine rings is 1. The van der Waals surface area contributed by atoms with Crippen LogP contribution in [-0.2, 0) is 24.7 Å². The number of alkyl halides is 3. The third-order valence-electron chi connectivity index (χ3n) is 4.03. The van der Waals surface area contributed by atoms with E-state index in [9.17, 15) is 32.7 Å². The molecule has 1 fully saturated rings. The highest BCUT2D eigenvalue weighted by molar-refractivity contribution is 5.92. The molecule has 0 aliphatic carbocycles. The SMILES string of the molecule is COC(=O)CN1C[C@](O)(c2ccccc2)C[C@H](NC(=O)C(F)(F)F)C1=O. The number of amides is 2. The normalized spacial score (nSPS) is 23.5. The van der Waals surface area contributed by atoms with E-state index in [0.717, 1.165) is 12.0 Å². The number of hydrogen-bond donors (Lipinski definition) is 2. The molecule has 2 N–H and O–H groups in total. The minimum atomic E-state index is -5.18. The molecule has 0 unspecified atom stereocenters. The van der Waals surface area contributed by atoms with Gasteiger partial charge in [-0.25, -0.2) is 0 Å². The summed E-state index contributed by atoms with van der Waals surface area (Å²) < 4.78 is 42.1. The Balaban J connectivity index is 2.33. The van der Waals surface area contributed by atoms with Crippen molar-refractivity contribution < 1.29 is 37.4 Å². The van der Waals surface area contributed by atoms with Crippen molar-refractivity contribution in [2.75, 3.05) is 20.2 Å². The number of benzene rings is 1. The average Bonchev–Trinajstić information content (AvgIpc) is 2.58. The highest BCUT2D eigenvalue weighted by atomic mass is 19.4. The number of halogens is 3. The van der Waals surface area contributed by atoms with Gasteiger partial charge in [0.2, 0.25) is 5.91 Å². The number of carbonyl (C=O) groups is 3. The first-order valence-corrected chi connectivity index (χ1v) is 7.58. The van der Waals surface area contributed by atoms with E-state index >= 15 is 0 Å². The number of aliphatic hydroxyl groups is 1. The minimum Gasteiger partial charge on any atom is -0.468 e. The van der Waals surface area contributed by atoms with Crippen LogP contribution in [-0.4, -0.2) is 60.2 Å². The van der Waals surface area contributed by atoms with Crippen molar-refractivity contribution in [3.63, 3.8) is 0 Å². The Bertz CT molecular complexity index is 695. The smallest absolute Gasteiger partial charge is 0.468 e. The topological polar surface area (TPSA) is 95.9 Å². The molecule has 0 bridgehead atoms. The summed E-state index contributed by atoms with van der Waals surface area (Å²) in [7, 11) is 1.09. The van der Waals surface area contributed by atoms with Crippen LogP contribution in [0.5, 0.6) is 0 Å². The molecule has 0 radical (unpaired) electrons. The highest BCUT2D eigenvalue weighted by Crippen LogP contribution is 2.32. The van der Waals surface area contributed by atoms with Crippen LogP contribution in [0.15, 0.2) is 30.3 Å². The van der Waals surface area contributed by atoms with Gasteiger partial charge in [0, 0.05) is 6.42 Å². The number of β-amino-alcohol motifs (C(OH)–C–C–N with tert-alkyl or cyclic N) is 1. The first-order valence-electron chi connectivity index (χ1n) is 7.58. The fraction of sp³-hybridized carbons (Fsp3) is 0.438. The molecule has 2 amide bonds. The number of ether oxygens (including phenoxy) is 1. The molecule has 1 aliphatic rings. The van der Waals surface area contributed by atoms with Crippen molar-refractivity contribution in [1.29, 1.82) is 0 Å². The van der Waals surface area contributed by atoms with E-state index in [-0.39, 0.29) is 6.54 Å². The zero-order valence-electron chi connectivity index (χ0n) is 13.7. The second-order valence-corrected chi connectivity index (χ2v) is 5.90. The summed E-state index contributed by atoms with van der Waals surface area (Å²) in [5.41, 5.74) is -1.40. The summed E-state index contributed by atoms with van der Waals surface area (Å²) >= 11 is 0. The van der Waals surface area contributed by atoms with Crippen LogP contribution in [0, 0.1) is 0 Å². The predicted octanol–water partition coefficient (Wildman–Crippen LogP) is 0.327. The van der Waals surface area contributed by atoms with Gasteiger partial charge >= 0.3 is 18.1 Å². The number of nitrogens with zero attached hydrogens (tertiary/aromatic N) is 1. The van der Waals surface area contributed by atoms with E-state index in [1.165, 1.54) is 12.1 Å². The maximum absolute atomic E-state index is 12.5. The van der Waals surface area contributed by atoms with Crippen molar-refractivity contribution in [2.45, 2.75) is 24.2 Å². The minimum absolute atomic E-state index is 0.330. The molecule has 7 nitrogen and oxygen atoms in total. The molecule has 2 rings (SSSR count). The number of rotatable bonds is 4. The molecule has 1 saturated heterocycles. The fourth-order valence-corrected chi connectivity index (χ4v) is 2.77. The number of esters is 1. The lowest BCUT2D eigenvalue weighted by molar-refractivity contribution is -0.177. The van der Waals surface area contributed by atoms with Gasteiger partial charge in [0.05, 0.1) is 13.7 Å². The summed E-state index contributed by atoms with van der Waals surface area (Å²) in [6, 6.07) is 6.32. The average molecular weight is 374 g/mol. The lowest BCUT2D eigenvalue weighted by Gasteiger charge is -2.42. The van der Waals surface area contributed by atoms with Crippen molar-refractivity contribution in [3.05, 3.63) is 35.9 Å². The van der Waals surface area contributed by atoms with Gasteiger partial charge in [-0.2, -0.15) is 13.2 Å². The number of nitrogens with one attached hydrogen (secondary N) is 1. The van der Waals surface area contributed by atoms with Crippen LogP contribution in [0.3, 0.4) is 0 Å². The molecule has 2 atom stereocenters. The zero-order valence-corrected chi connectivity index (χ0v) is 13.7. The molecule has 26 heavy (non-hydrogen) atoms. The van der Waals surface area contributed by atoms with Gasteiger partial charge in [-0.15, -0.1) is 0 Å². The Morgan fingerprint density at radius 1 is 1.35 bits per heavy atom. The van der Waals surface area contributed by atoms with Gasteiger partial charge in [-0.1, -0.05) is 30.3 Å². The number of likely N-dealkylation sites (tertiary alicyclic amines) is 1. The number of hydrogen-bond acceptors (Lipinski definition) is 5. The van der Waals surface area contributed by atoms with Crippen molar-refractivity contribution >= 4 is 17.8 Å². The van der Waals surface area contributed by atoms with E-state index in [4.69, 9.17) is 0 Å². The number of carbonyl (C=O) groups excluding carboxylic acids is 3. The number of methoxy groups -OCH3 is 1. The standard InChI is InChI=1S/C16H17F3N2O5/c1-26-12(22)8-21-9-15(25,10-5-3-2-4-6-10)7-11(13(21)23)20-14(24)16(17,18)19/h2-6,11,25H,7-9H2,1H3,(H,20,24)/t11-,15-/m0/s1. The molecule has 1 aliphatic heterocycles. The molecule has 10 heteroatoms. The second kappa shape index (κ2) is 7.32. The summed E-state index contributed by atoms with van der Waals surface area (Å²) in [6.45, 7) is -0.897. The predicted molar refractivity (Wildman–Crippen MR) is 81.5 cm³/mol. The third-order valence-corrected chi connectivity index (χ3v) is 4.03. The zero-order chi connectivity index (χ0) is 19.5. The monoisotopic (exact) mass is 374 g/mol. The van der Waals surface area contributed by atoms with E-state index in [1.54, 1.807) is 23.5 Å². The molecular formula is C16H17F3N2O5. The molecule has 142 valence electrons. The Morgan fingerprint density at radius 3 is 2.50 bits per heavy atom. The van der Waals surface area contributed by atoms with Crippen molar-refractivity contribution in [1.82, 2.24) is 10.2 Å². The van der Waals surface area contributed by atoms with Crippen LogP contribution in [0.4, 0.5) is 13.2 Å². The van der Waals surface area contributed by atoms with Gasteiger partial charge in [0.15, 0.2) is 0 Å². The van der Waals surface area contributed by atoms with Gasteiger partial charge < -0.3 is 20.1 Å². The van der Waals surface area contributed by atoms with Crippen LogP contribution in [0.25, 0.3) is 0 Å². The molecule has 1 heterocycles. The highest BCUT2D eigenvalue weighted by Gasteiger charge is 2.48. The molecule has 1 aromatic carbocycles. The Hall–Kier alpha value is -2.62. The first-order chi connectivity index (χ1) is 12.1. The molecule has 0 aromatic heterocycles. The van der Waals surface area contributed by atoms with E-state index in [2.05, 4.69) is 4.74 Å². The summed E-state index contributed by atoms with van der Waals surface area (Å²) in [6.07, 6.45) is -5.65. The summed E-state index contributed by atoms with van der Waals surface area (Å²) in [4.78, 5) is 36.0. The lowest BCUT2D eigenvalue weighted by atomic mass is 9.83. The first kappa shape index (κ1) is 19.7. The molecule has 0 saturated carbocycles. The Labute approximate surface area is 146 Å². The molecule has 0 spiro atoms. The van der Waals surface area contributed by atoms with Gasteiger partial charge in [-0.05, 0) is 5.56 Å². The Kier molecular flexibility index (Phi) is 5.55.